The van der Waals surface area contributed by atoms with Crippen LogP contribution in [-0.2, 0) is 5.41 Å². The van der Waals surface area contributed by atoms with Crippen LogP contribution in [0.3, 0.4) is 0 Å². The van der Waals surface area contributed by atoms with E-state index in [4.69, 9.17) is 21.7 Å². The summed E-state index contributed by atoms with van der Waals surface area (Å²) in [5.74, 6) is 1.40. The van der Waals surface area contributed by atoms with Crippen molar-refractivity contribution in [2.45, 2.75) is 26.2 Å². The van der Waals surface area contributed by atoms with Crippen molar-refractivity contribution in [3.8, 4) is 11.5 Å². The third kappa shape index (κ3) is 4.38. The van der Waals surface area contributed by atoms with Gasteiger partial charge in [0.2, 0.25) is 0 Å². The molecule has 0 fully saturated rings. The highest BCUT2D eigenvalue weighted by Crippen LogP contribution is 2.31. The summed E-state index contributed by atoms with van der Waals surface area (Å²) >= 11 is 5.46. The molecule has 0 amide bonds. The van der Waals surface area contributed by atoms with Crippen LogP contribution in [0.15, 0.2) is 42.5 Å². The predicted molar refractivity (Wildman–Crippen MR) is 105 cm³/mol. The number of methoxy groups -OCH3 is 2. The second-order valence-electron chi connectivity index (χ2n) is 6.44. The lowest BCUT2D eigenvalue weighted by atomic mass is 9.86. The molecule has 5 heteroatoms. The second-order valence-corrected chi connectivity index (χ2v) is 6.85. The Balaban J connectivity index is 2.18. The number of thiocarbonyl (C=S) groups is 1. The first kappa shape index (κ1) is 18.1. The van der Waals surface area contributed by atoms with Crippen LogP contribution < -0.4 is 20.1 Å². The Kier molecular flexibility index (Phi) is 5.67. The smallest absolute Gasteiger partial charge is 0.175 e. The van der Waals surface area contributed by atoms with Crippen LogP contribution in [-0.4, -0.2) is 19.3 Å². The average molecular weight is 344 g/mol. The minimum absolute atomic E-state index is 0.0248. The van der Waals surface area contributed by atoms with Gasteiger partial charge in [-0.1, -0.05) is 39.0 Å². The Labute approximate surface area is 149 Å². The van der Waals surface area contributed by atoms with Gasteiger partial charge in [0.15, 0.2) is 5.11 Å². The van der Waals surface area contributed by atoms with Crippen LogP contribution in [0.2, 0.25) is 0 Å². The highest BCUT2D eigenvalue weighted by molar-refractivity contribution is 7.80. The number of anilines is 2. The summed E-state index contributed by atoms with van der Waals surface area (Å²) < 4.78 is 10.6. The standard InChI is InChI=1S/C19H24N2O2S/c1-19(2,3)14-8-6-7-9-15(14)20-18(24)21-16-11-10-13(22-4)12-17(16)23-5/h6-12H,1-5H3,(H2,20,21,24). The van der Waals surface area contributed by atoms with Crippen LogP contribution in [0.1, 0.15) is 26.3 Å². The molecule has 2 N–H and O–H groups in total. The maximum absolute atomic E-state index is 5.46. The van der Waals surface area contributed by atoms with Crippen LogP contribution in [0.4, 0.5) is 11.4 Å². The minimum atomic E-state index is 0.0248. The Morgan fingerprint density at radius 3 is 2.21 bits per heavy atom. The Morgan fingerprint density at radius 1 is 0.917 bits per heavy atom. The predicted octanol–water partition coefficient (Wildman–Crippen LogP) is 4.81. The number of hydrogen-bond donors (Lipinski definition) is 2. The molecule has 0 radical (unpaired) electrons. The average Bonchev–Trinajstić information content (AvgIpc) is 2.54. The van der Waals surface area contributed by atoms with Gasteiger partial charge in [-0.05, 0) is 41.4 Å². The maximum Gasteiger partial charge on any atom is 0.175 e. The molecule has 4 nitrogen and oxygen atoms in total. The monoisotopic (exact) mass is 344 g/mol. The van der Waals surface area contributed by atoms with Gasteiger partial charge in [-0.15, -0.1) is 0 Å². The van der Waals surface area contributed by atoms with Crippen LogP contribution >= 0.6 is 12.2 Å². The van der Waals surface area contributed by atoms with Crippen LogP contribution in [0.25, 0.3) is 0 Å². The van der Waals surface area contributed by atoms with Gasteiger partial charge in [0, 0.05) is 11.8 Å². The molecule has 2 aromatic carbocycles. The zero-order valence-corrected chi connectivity index (χ0v) is 15.6. The molecule has 0 spiro atoms. The third-order valence-corrected chi connectivity index (χ3v) is 3.84. The Bertz CT molecular complexity index is 724. The molecule has 0 aliphatic heterocycles. The van der Waals surface area contributed by atoms with E-state index in [-0.39, 0.29) is 5.41 Å². The summed E-state index contributed by atoms with van der Waals surface area (Å²) in [6.45, 7) is 6.53. The topological polar surface area (TPSA) is 42.5 Å². The van der Waals surface area contributed by atoms with E-state index in [0.717, 1.165) is 17.1 Å². The first-order valence-electron chi connectivity index (χ1n) is 7.74. The fraction of sp³-hybridized carbons (Fsp3) is 0.316. The van der Waals surface area contributed by atoms with Gasteiger partial charge in [-0.2, -0.15) is 0 Å². The molecule has 0 saturated heterocycles. The molecule has 0 atom stereocenters. The number of nitrogens with one attached hydrogen (secondary N) is 2. The van der Waals surface area contributed by atoms with Crippen molar-refractivity contribution in [2.24, 2.45) is 0 Å². The number of hydrogen-bond acceptors (Lipinski definition) is 3. The Hall–Kier alpha value is -2.27. The molecule has 128 valence electrons. The number of rotatable bonds is 4. The summed E-state index contributed by atoms with van der Waals surface area (Å²) in [6, 6.07) is 13.7. The van der Waals surface area contributed by atoms with Gasteiger partial charge >= 0.3 is 0 Å². The third-order valence-electron chi connectivity index (χ3n) is 3.64. The van der Waals surface area contributed by atoms with Gasteiger partial charge in [0.1, 0.15) is 11.5 Å². The molecule has 24 heavy (non-hydrogen) atoms. The summed E-state index contributed by atoms with van der Waals surface area (Å²) in [5.41, 5.74) is 3.01. The van der Waals surface area contributed by atoms with Gasteiger partial charge in [-0.3, -0.25) is 0 Å². The molecular formula is C19H24N2O2S. The largest absolute Gasteiger partial charge is 0.497 e. The van der Waals surface area contributed by atoms with E-state index in [1.807, 2.05) is 36.4 Å². The first-order valence-corrected chi connectivity index (χ1v) is 8.15. The quantitative estimate of drug-likeness (QED) is 0.779. The van der Waals surface area contributed by atoms with Crippen molar-refractivity contribution in [2.75, 3.05) is 24.9 Å². The molecule has 0 unspecified atom stereocenters. The maximum atomic E-state index is 5.46. The normalized spacial score (nSPS) is 10.9. The molecule has 0 aromatic heterocycles. The molecule has 0 saturated carbocycles. The van der Waals surface area contributed by atoms with Gasteiger partial charge in [0.25, 0.3) is 0 Å². The van der Waals surface area contributed by atoms with Crippen molar-refractivity contribution in [3.63, 3.8) is 0 Å². The second kappa shape index (κ2) is 7.53. The lowest BCUT2D eigenvalue weighted by Crippen LogP contribution is -2.22. The van der Waals surface area contributed by atoms with E-state index >= 15 is 0 Å². The lowest BCUT2D eigenvalue weighted by Gasteiger charge is -2.24. The van der Waals surface area contributed by atoms with Crippen molar-refractivity contribution in [3.05, 3.63) is 48.0 Å². The molecule has 0 aliphatic rings. The summed E-state index contributed by atoms with van der Waals surface area (Å²) in [7, 11) is 3.24. The van der Waals surface area contributed by atoms with E-state index in [0.29, 0.717) is 10.9 Å². The first-order chi connectivity index (χ1) is 11.3. The van der Waals surface area contributed by atoms with Crippen molar-refractivity contribution < 1.29 is 9.47 Å². The fourth-order valence-corrected chi connectivity index (χ4v) is 2.64. The number of ether oxygens (including phenoxy) is 2. The van der Waals surface area contributed by atoms with E-state index < -0.39 is 0 Å². The van der Waals surface area contributed by atoms with Crippen molar-refractivity contribution in [1.82, 2.24) is 0 Å². The highest BCUT2D eigenvalue weighted by Gasteiger charge is 2.18. The molecular weight excluding hydrogens is 320 g/mol. The van der Waals surface area contributed by atoms with E-state index in [1.54, 1.807) is 14.2 Å². The Morgan fingerprint density at radius 2 is 1.58 bits per heavy atom. The van der Waals surface area contributed by atoms with Crippen LogP contribution in [0.5, 0.6) is 11.5 Å². The lowest BCUT2D eigenvalue weighted by molar-refractivity contribution is 0.395. The number of benzene rings is 2. The fourth-order valence-electron chi connectivity index (χ4n) is 2.42. The summed E-state index contributed by atoms with van der Waals surface area (Å²) in [5, 5.41) is 6.97. The molecule has 0 bridgehead atoms. The molecule has 0 aliphatic carbocycles. The van der Waals surface area contributed by atoms with Crippen molar-refractivity contribution in [1.29, 1.82) is 0 Å². The highest BCUT2D eigenvalue weighted by atomic mass is 32.1. The van der Waals surface area contributed by atoms with E-state index in [9.17, 15) is 0 Å². The zero-order chi connectivity index (χ0) is 17.7. The molecule has 0 heterocycles. The van der Waals surface area contributed by atoms with Crippen LogP contribution in [0, 0.1) is 0 Å². The van der Waals surface area contributed by atoms with E-state index in [1.165, 1.54) is 5.56 Å². The molecule has 2 aromatic rings. The van der Waals surface area contributed by atoms with E-state index in [2.05, 4.69) is 37.5 Å². The number of para-hydroxylation sites is 1. The zero-order valence-electron chi connectivity index (χ0n) is 14.8. The molecule has 2 rings (SSSR count). The summed E-state index contributed by atoms with van der Waals surface area (Å²) in [6.07, 6.45) is 0. The SMILES string of the molecule is COc1ccc(NC(=S)Nc2ccccc2C(C)(C)C)c(OC)c1. The van der Waals surface area contributed by atoms with Crippen molar-refractivity contribution >= 4 is 28.7 Å². The van der Waals surface area contributed by atoms with Gasteiger partial charge < -0.3 is 20.1 Å². The minimum Gasteiger partial charge on any atom is -0.497 e. The van der Waals surface area contributed by atoms with Gasteiger partial charge in [0.05, 0.1) is 19.9 Å². The summed E-state index contributed by atoms with van der Waals surface area (Å²) in [4.78, 5) is 0. The van der Waals surface area contributed by atoms with Gasteiger partial charge in [-0.25, -0.2) is 0 Å².